The van der Waals surface area contributed by atoms with Crippen molar-refractivity contribution in [2.24, 2.45) is 5.92 Å². The van der Waals surface area contributed by atoms with Crippen LogP contribution in [0.4, 0.5) is 5.69 Å². The summed E-state index contributed by atoms with van der Waals surface area (Å²) in [5.74, 6) is 0.557. The molecular weight excluding hydrogens is 310 g/mol. The molecule has 4 nitrogen and oxygen atoms in total. The summed E-state index contributed by atoms with van der Waals surface area (Å²) in [6.07, 6.45) is 6.65. The number of carbonyl (C=O) groups excluding carboxylic acids is 1. The fraction of sp³-hybridized carbons (Fsp3) is 0.571. The molecule has 1 aliphatic heterocycles. The fourth-order valence-electron chi connectivity index (χ4n) is 3.59. The van der Waals surface area contributed by atoms with Gasteiger partial charge in [-0.2, -0.15) is 0 Å². The predicted molar refractivity (Wildman–Crippen MR) is 106 cm³/mol. The van der Waals surface area contributed by atoms with Gasteiger partial charge in [0.05, 0.1) is 25.6 Å². The first-order chi connectivity index (χ1) is 12.0. The first-order valence-corrected chi connectivity index (χ1v) is 9.61. The van der Waals surface area contributed by atoms with E-state index >= 15 is 0 Å². The third kappa shape index (κ3) is 5.60. The predicted octanol–water partition coefficient (Wildman–Crippen LogP) is 1.93. The number of rotatable bonds is 7. The molecule has 25 heavy (non-hydrogen) atoms. The summed E-state index contributed by atoms with van der Waals surface area (Å²) in [7, 11) is 4.11. The van der Waals surface area contributed by atoms with E-state index in [4.69, 9.17) is 0 Å². The highest BCUT2D eigenvalue weighted by molar-refractivity contribution is 5.78. The van der Waals surface area contributed by atoms with E-state index < -0.39 is 0 Å². The number of quaternary nitrogens is 1. The molecule has 0 radical (unpaired) electrons. The molecule has 1 aromatic rings. The van der Waals surface area contributed by atoms with Crippen molar-refractivity contribution >= 4 is 17.7 Å². The molecule has 0 spiro atoms. The molecule has 1 unspecified atom stereocenters. The second kappa shape index (κ2) is 9.62. The average molecular weight is 345 g/mol. The van der Waals surface area contributed by atoms with E-state index in [0.29, 0.717) is 5.91 Å². The standard InChI is InChI=1S/C21H33N3O/c1-5-24(6-2)21(25)19-10-8-16-23(17-19)15-7-9-18-11-13-20(14-12-18)22(3)4/h7,9,11-14,19H,5-6,8,10,15-17H2,1-4H3/p+1/b9-7+/t19-/m1/s1. The maximum Gasteiger partial charge on any atom is 0.231 e. The van der Waals surface area contributed by atoms with E-state index in [1.165, 1.54) is 22.7 Å². The number of benzene rings is 1. The van der Waals surface area contributed by atoms with Gasteiger partial charge in [0.1, 0.15) is 0 Å². The molecule has 138 valence electrons. The molecule has 1 aliphatic rings. The summed E-state index contributed by atoms with van der Waals surface area (Å²) in [4.78, 5) is 18.2. The zero-order valence-corrected chi connectivity index (χ0v) is 16.3. The summed E-state index contributed by atoms with van der Waals surface area (Å²) in [5.41, 5.74) is 2.45. The number of carbonyl (C=O) groups is 1. The number of hydrogen-bond acceptors (Lipinski definition) is 2. The van der Waals surface area contributed by atoms with E-state index in [-0.39, 0.29) is 5.92 Å². The highest BCUT2D eigenvalue weighted by atomic mass is 16.2. The third-order valence-electron chi connectivity index (χ3n) is 5.17. The van der Waals surface area contributed by atoms with E-state index in [0.717, 1.165) is 39.0 Å². The van der Waals surface area contributed by atoms with Crippen LogP contribution < -0.4 is 9.80 Å². The largest absolute Gasteiger partial charge is 0.378 e. The fourth-order valence-corrected chi connectivity index (χ4v) is 3.59. The van der Waals surface area contributed by atoms with Gasteiger partial charge in [-0.05, 0) is 50.5 Å². The van der Waals surface area contributed by atoms with E-state index in [1.54, 1.807) is 0 Å². The molecular formula is C21H34N3O+. The van der Waals surface area contributed by atoms with Crippen molar-refractivity contribution in [3.05, 3.63) is 35.9 Å². The second-order valence-electron chi connectivity index (χ2n) is 7.15. The molecule has 2 rings (SSSR count). The van der Waals surface area contributed by atoms with Gasteiger partial charge in [0.2, 0.25) is 5.91 Å². The molecule has 1 saturated heterocycles. The molecule has 1 N–H and O–H groups in total. The van der Waals surface area contributed by atoms with Crippen LogP contribution in [0, 0.1) is 5.92 Å². The van der Waals surface area contributed by atoms with Crippen LogP contribution in [0.2, 0.25) is 0 Å². The maximum atomic E-state index is 12.6. The number of amides is 1. The van der Waals surface area contributed by atoms with Crippen molar-refractivity contribution in [2.75, 3.05) is 51.7 Å². The van der Waals surface area contributed by atoms with Crippen molar-refractivity contribution in [2.45, 2.75) is 26.7 Å². The SMILES string of the molecule is CCN(CC)C(=O)[C@@H]1CCC[NH+](C/C=C/c2ccc(N(C)C)cc2)C1. The lowest BCUT2D eigenvalue weighted by atomic mass is 9.96. The molecule has 0 saturated carbocycles. The molecule has 1 heterocycles. The van der Waals surface area contributed by atoms with Crippen molar-refractivity contribution in [1.29, 1.82) is 0 Å². The topological polar surface area (TPSA) is 28.0 Å². The lowest BCUT2D eigenvalue weighted by Crippen LogP contribution is -3.13. The zero-order valence-electron chi connectivity index (χ0n) is 16.3. The Bertz CT molecular complexity index is 561. The van der Waals surface area contributed by atoms with E-state index in [2.05, 4.69) is 69.3 Å². The molecule has 1 amide bonds. The Balaban J connectivity index is 1.86. The lowest BCUT2D eigenvalue weighted by Gasteiger charge is -2.31. The van der Waals surface area contributed by atoms with Gasteiger partial charge in [-0.25, -0.2) is 0 Å². The van der Waals surface area contributed by atoms with Crippen molar-refractivity contribution in [1.82, 2.24) is 4.90 Å². The summed E-state index contributed by atoms with van der Waals surface area (Å²) in [5, 5.41) is 0. The van der Waals surface area contributed by atoms with Crippen LogP contribution >= 0.6 is 0 Å². The Labute approximate surface area is 153 Å². The first kappa shape index (κ1) is 19.5. The number of likely N-dealkylation sites (tertiary alicyclic amines) is 1. The summed E-state index contributed by atoms with van der Waals surface area (Å²) in [6.45, 7) is 8.93. The van der Waals surface area contributed by atoms with Crippen molar-refractivity contribution in [3.63, 3.8) is 0 Å². The highest BCUT2D eigenvalue weighted by Crippen LogP contribution is 2.13. The molecule has 0 aromatic heterocycles. The normalized spacial score (nSPS) is 20.6. The molecule has 4 heteroatoms. The van der Waals surface area contributed by atoms with Gasteiger partial charge in [-0.15, -0.1) is 0 Å². The van der Waals surface area contributed by atoms with Crippen LogP contribution in [-0.2, 0) is 4.79 Å². The Hall–Kier alpha value is -1.81. The Morgan fingerprint density at radius 1 is 1.20 bits per heavy atom. The smallest absolute Gasteiger partial charge is 0.231 e. The van der Waals surface area contributed by atoms with Gasteiger partial charge in [0.15, 0.2) is 0 Å². The minimum Gasteiger partial charge on any atom is -0.378 e. The Kier molecular flexibility index (Phi) is 7.51. The van der Waals surface area contributed by atoms with Crippen LogP contribution in [0.15, 0.2) is 30.3 Å². The quantitative estimate of drug-likeness (QED) is 0.819. The summed E-state index contributed by atoms with van der Waals surface area (Å²) >= 11 is 0. The minimum atomic E-state index is 0.205. The molecule has 1 fully saturated rings. The Morgan fingerprint density at radius 3 is 2.48 bits per heavy atom. The monoisotopic (exact) mass is 344 g/mol. The lowest BCUT2D eigenvalue weighted by molar-refractivity contribution is -0.901. The van der Waals surface area contributed by atoms with E-state index in [9.17, 15) is 4.79 Å². The summed E-state index contributed by atoms with van der Waals surface area (Å²) in [6, 6.07) is 8.60. The molecule has 2 atom stereocenters. The number of anilines is 1. The van der Waals surface area contributed by atoms with Gasteiger partial charge in [-0.1, -0.05) is 18.2 Å². The van der Waals surface area contributed by atoms with Gasteiger partial charge in [0.25, 0.3) is 0 Å². The minimum absolute atomic E-state index is 0.205. The molecule has 0 bridgehead atoms. The molecule has 1 aromatic carbocycles. The second-order valence-corrected chi connectivity index (χ2v) is 7.15. The van der Waals surface area contributed by atoms with Crippen LogP contribution in [0.25, 0.3) is 6.08 Å². The van der Waals surface area contributed by atoms with Gasteiger partial charge in [0, 0.05) is 32.9 Å². The molecule has 0 aliphatic carbocycles. The zero-order chi connectivity index (χ0) is 18.2. The Morgan fingerprint density at radius 2 is 1.88 bits per heavy atom. The first-order valence-electron chi connectivity index (χ1n) is 9.61. The van der Waals surface area contributed by atoms with Crippen LogP contribution in [0.5, 0.6) is 0 Å². The third-order valence-corrected chi connectivity index (χ3v) is 5.17. The highest BCUT2D eigenvalue weighted by Gasteiger charge is 2.30. The van der Waals surface area contributed by atoms with Crippen molar-refractivity contribution in [3.8, 4) is 0 Å². The van der Waals surface area contributed by atoms with Crippen LogP contribution in [-0.4, -0.2) is 57.6 Å². The van der Waals surface area contributed by atoms with Gasteiger partial charge in [-0.3, -0.25) is 4.79 Å². The number of nitrogens with one attached hydrogen (secondary N) is 1. The van der Waals surface area contributed by atoms with Crippen LogP contribution in [0.3, 0.4) is 0 Å². The van der Waals surface area contributed by atoms with Gasteiger partial charge < -0.3 is 14.7 Å². The summed E-state index contributed by atoms with van der Waals surface area (Å²) < 4.78 is 0. The average Bonchev–Trinajstić information content (AvgIpc) is 2.63. The number of nitrogens with zero attached hydrogens (tertiary/aromatic N) is 2. The van der Waals surface area contributed by atoms with E-state index in [1.807, 2.05) is 4.90 Å². The number of hydrogen-bond donors (Lipinski definition) is 1. The van der Waals surface area contributed by atoms with Crippen LogP contribution in [0.1, 0.15) is 32.3 Å². The maximum absolute atomic E-state index is 12.6. The van der Waals surface area contributed by atoms with Gasteiger partial charge >= 0.3 is 0 Å². The number of piperidine rings is 1. The van der Waals surface area contributed by atoms with Crippen molar-refractivity contribution < 1.29 is 9.69 Å².